The van der Waals surface area contributed by atoms with E-state index in [1.54, 1.807) is 12.4 Å². The third-order valence-corrected chi connectivity index (χ3v) is 2.15. The molecule has 1 aromatic heterocycles. The van der Waals surface area contributed by atoms with Crippen LogP contribution in [0.3, 0.4) is 0 Å². The molecule has 0 aliphatic heterocycles. The molecule has 0 fully saturated rings. The van der Waals surface area contributed by atoms with Gasteiger partial charge in [0, 0.05) is 10.0 Å². The minimum absolute atomic E-state index is 0.969. The van der Waals surface area contributed by atoms with Gasteiger partial charge in [0.05, 0.1) is 12.4 Å². The first-order valence-corrected chi connectivity index (χ1v) is 4.55. The first-order chi connectivity index (χ1) is 6.36. The molecule has 0 atom stereocenters. The van der Waals surface area contributed by atoms with Crippen LogP contribution < -0.4 is 0 Å². The van der Waals surface area contributed by atoms with Gasteiger partial charge in [0.2, 0.25) is 0 Å². The molecule has 0 N–H and O–H groups in total. The second kappa shape index (κ2) is 3.62. The highest BCUT2D eigenvalue weighted by Crippen LogP contribution is 2.20. The molecule has 0 aliphatic rings. The predicted molar refractivity (Wildman–Crippen MR) is 53.0 cm³/mol. The monoisotopic (exact) mass is 235 g/mol. The van der Waals surface area contributed by atoms with Gasteiger partial charge in [0.15, 0.2) is 0 Å². The van der Waals surface area contributed by atoms with Crippen molar-refractivity contribution in [3.05, 3.63) is 41.1 Å². The van der Waals surface area contributed by atoms with Gasteiger partial charge in [-0.2, -0.15) is 0 Å². The van der Waals surface area contributed by atoms with Crippen LogP contribution in [0.4, 0.5) is 0 Å². The Bertz CT molecular complexity index is 403. The van der Waals surface area contributed by atoms with Crippen molar-refractivity contribution >= 4 is 15.9 Å². The van der Waals surface area contributed by atoms with Crippen LogP contribution in [-0.4, -0.2) is 15.4 Å². The molecule has 2 rings (SSSR count). The van der Waals surface area contributed by atoms with Crippen molar-refractivity contribution in [1.82, 2.24) is 15.4 Å². The van der Waals surface area contributed by atoms with Gasteiger partial charge < -0.3 is 0 Å². The number of aromatic nitrogens is 3. The van der Waals surface area contributed by atoms with Gasteiger partial charge in [0.25, 0.3) is 0 Å². The molecule has 0 aliphatic carbocycles. The summed E-state index contributed by atoms with van der Waals surface area (Å²) >= 11 is 3.40. The molecule has 64 valence electrons. The molecule has 0 spiro atoms. The highest BCUT2D eigenvalue weighted by Gasteiger charge is 1.97. The minimum atomic E-state index is 0.969. The molecule has 0 saturated heterocycles. The van der Waals surface area contributed by atoms with E-state index in [4.69, 9.17) is 0 Å². The maximum Gasteiger partial charge on any atom is 0.0608 e. The summed E-state index contributed by atoms with van der Waals surface area (Å²) in [6, 6.07) is 7.97. The van der Waals surface area contributed by atoms with E-state index in [9.17, 15) is 0 Å². The topological polar surface area (TPSA) is 38.7 Å². The Kier molecular flexibility index (Phi) is 2.31. The van der Waals surface area contributed by atoms with Crippen molar-refractivity contribution in [2.45, 2.75) is 0 Å². The van der Waals surface area contributed by atoms with E-state index < -0.39 is 0 Å². The lowest BCUT2D eigenvalue weighted by Gasteiger charge is -1.98. The second-order valence-corrected chi connectivity index (χ2v) is 3.46. The summed E-state index contributed by atoms with van der Waals surface area (Å²) < 4.78 is 1.04. The van der Waals surface area contributed by atoms with Crippen LogP contribution in [0.5, 0.6) is 0 Å². The van der Waals surface area contributed by atoms with E-state index in [-0.39, 0.29) is 0 Å². The fourth-order valence-corrected chi connectivity index (χ4v) is 1.46. The van der Waals surface area contributed by atoms with Gasteiger partial charge in [-0.3, -0.25) is 0 Å². The third kappa shape index (κ3) is 1.89. The van der Waals surface area contributed by atoms with Crippen molar-refractivity contribution in [3.8, 4) is 11.1 Å². The molecule has 2 aromatic rings. The van der Waals surface area contributed by atoms with Crippen LogP contribution >= 0.6 is 15.9 Å². The van der Waals surface area contributed by atoms with Gasteiger partial charge in [0.1, 0.15) is 0 Å². The lowest BCUT2D eigenvalue weighted by molar-refractivity contribution is 0.867. The summed E-state index contributed by atoms with van der Waals surface area (Å²) in [7, 11) is 0. The Labute approximate surface area is 84.0 Å². The first kappa shape index (κ1) is 8.31. The van der Waals surface area contributed by atoms with E-state index in [2.05, 4.69) is 31.3 Å². The van der Waals surface area contributed by atoms with Crippen LogP contribution in [0.25, 0.3) is 11.1 Å². The molecule has 3 nitrogen and oxygen atoms in total. The lowest BCUT2D eigenvalue weighted by Crippen LogP contribution is -1.86. The van der Waals surface area contributed by atoms with Crippen molar-refractivity contribution in [2.24, 2.45) is 0 Å². The molecule has 0 unspecified atom stereocenters. The van der Waals surface area contributed by atoms with Crippen molar-refractivity contribution < 1.29 is 0 Å². The van der Waals surface area contributed by atoms with Crippen LogP contribution in [0.15, 0.2) is 41.1 Å². The van der Waals surface area contributed by atoms with Gasteiger partial charge in [-0.25, -0.2) is 0 Å². The standard InChI is InChI=1S/C9H6BrN3/c10-9-3-1-2-7(4-9)8-5-11-13-12-6-8/h1-6H. The number of rotatable bonds is 1. The predicted octanol–water partition coefficient (Wildman–Crippen LogP) is 2.30. The molecule has 13 heavy (non-hydrogen) atoms. The van der Waals surface area contributed by atoms with Gasteiger partial charge in [-0.05, 0) is 22.9 Å². The van der Waals surface area contributed by atoms with E-state index in [0.29, 0.717) is 0 Å². The van der Waals surface area contributed by atoms with Crippen LogP contribution in [0.1, 0.15) is 0 Å². The quantitative estimate of drug-likeness (QED) is 0.762. The van der Waals surface area contributed by atoms with E-state index in [0.717, 1.165) is 15.6 Å². The summed E-state index contributed by atoms with van der Waals surface area (Å²) in [5.41, 5.74) is 2.05. The average molecular weight is 236 g/mol. The molecule has 4 heteroatoms. The van der Waals surface area contributed by atoms with E-state index in [1.165, 1.54) is 0 Å². The Morgan fingerprint density at radius 3 is 2.46 bits per heavy atom. The molecule has 0 amide bonds. The minimum Gasteiger partial charge on any atom is -0.138 e. The lowest BCUT2D eigenvalue weighted by atomic mass is 10.1. The highest BCUT2D eigenvalue weighted by molar-refractivity contribution is 9.10. The van der Waals surface area contributed by atoms with Gasteiger partial charge >= 0.3 is 0 Å². The Morgan fingerprint density at radius 2 is 1.77 bits per heavy atom. The van der Waals surface area contributed by atoms with Crippen LogP contribution in [0, 0.1) is 0 Å². The smallest absolute Gasteiger partial charge is 0.0608 e. The normalized spacial score (nSPS) is 9.92. The fraction of sp³-hybridized carbons (Fsp3) is 0. The molecule has 0 bridgehead atoms. The summed E-state index contributed by atoms with van der Waals surface area (Å²) in [5, 5.41) is 10.9. The molecule has 0 radical (unpaired) electrons. The highest BCUT2D eigenvalue weighted by atomic mass is 79.9. The number of halogens is 1. The number of hydrogen-bond donors (Lipinski definition) is 0. The molecular formula is C9H6BrN3. The number of benzene rings is 1. The van der Waals surface area contributed by atoms with E-state index >= 15 is 0 Å². The maximum absolute atomic E-state index is 3.71. The van der Waals surface area contributed by atoms with Crippen molar-refractivity contribution in [2.75, 3.05) is 0 Å². The summed E-state index contributed by atoms with van der Waals surface area (Å²) in [5.74, 6) is 0. The third-order valence-electron chi connectivity index (χ3n) is 1.65. The summed E-state index contributed by atoms with van der Waals surface area (Å²) in [6.07, 6.45) is 3.38. The Morgan fingerprint density at radius 1 is 1.00 bits per heavy atom. The molecular weight excluding hydrogens is 230 g/mol. The van der Waals surface area contributed by atoms with E-state index in [1.807, 2.05) is 24.3 Å². The molecule has 1 aromatic carbocycles. The Balaban J connectivity index is 2.48. The first-order valence-electron chi connectivity index (χ1n) is 3.75. The zero-order chi connectivity index (χ0) is 9.10. The second-order valence-electron chi connectivity index (χ2n) is 2.54. The molecule has 0 saturated carbocycles. The summed E-state index contributed by atoms with van der Waals surface area (Å²) in [4.78, 5) is 0. The largest absolute Gasteiger partial charge is 0.138 e. The van der Waals surface area contributed by atoms with Crippen molar-refractivity contribution in [1.29, 1.82) is 0 Å². The zero-order valence-corrected chi connectivity index (χ0v) is 8.27. The van der Waals surface area contributed by atoms with Crippen LogP contribution in [-0.2, 0) is 0 Å². The fourth-order valence-electron chi connectivity index (χ4n) is 1.06. The van der Waals surface area contributed by atoms with Crippen LogP contribution in [0.2, 0.25) is 0 Å². The number of hydrogen-bond acceptors (Lipinski definition) is 3. The Hall–Kier alpha value is -1.29. The summed E-state index contributed by atoms with van der Waals surface area (Å²) in [6.45, 7) is 0. The van der Waals surface area contributed by atoms with Gasteiger partial charge in [-0.15, -0.1) is 10.2 Å². The maximum atomic E-state index is 3.71. The SMILES string of the molecule is Brc1cccc(-c2cnnnc2)c1. The zero-order valence-electron chi connectivity index (χ0n) is 6.68. The average Bonchev–Trinajstić information content (AvgIpc) is 2.19. The van der Waals surface area contributed by atoms with Crippen molar-refractivity contribution in [3.63, 3.8) is 0 Å². The number of nitrogens with zero attached hydrogens (tertiary/aromatic N) is 3. The van der Waals surface area contributed by atoms with Gasteiger partial charge in [-0.1, -0.05) is 28.1 Å². The molecule has 1 heterocycles.